The van der Waals surface area contributed by atoms with Gasteiger partial charge in [0, 0.05) is 57.0 Å². The molecule has 0 saturated carbocycles. The first-order valence-corrected chi connectivity index (χ1v) is 19.1. The lowest BCUT2D eigenvalue weighted by Crippen LogP contribution is -2.01. The van der Waals surface area contributed by atoms with Crippen molar-refractivity contribution in [2.75, 3.05) is 0 Å². The molecule has 1 aliphatic rings. The predicted octanol–water partition coefficient (Wildman–Crippen LogP) is 13.6. The Bertz CT molecular complexity index is 3310. The number of benzene rings is 8. The molecule has 0 N–H and O–H groups in total. The van der Waals surface area contributed by atoms with E-state index in [9.17, 15) is 0 Å². The summed E-state index contributed by atoms with van der Waals surface area (Å²) in [5.41, 5.74) is 8.26. The molecule has 52 heavy (non-hydrogen) atoms. The number of nitrogens with zero attached hydrogens (tertiary/aromatic N) is 3. The van der Waals surface area contributed by atoms with Crippen LogP contribution in [0, 0.1) is 0 Å². The van der Waals surface area contributed by atoms with E-state index in [1.807, 2.05) is 11.3 Å². The van der Waals surface area contributed by atoms with Gasteiger partial charge in [0.15, 0.2) is 17.5 Å². The van der Waals surface area contributed by atoms with Crippen LogP contribution >= 0.6 is 22.7 Å². The summed E-state index contributed by atoms with van der Waals surface area (Å²) in [6.07, 6.45) is 0. The topological polar surface area (TPSA) is 38.7 Å². The molecule has 12 rings (SSSR count). The Morgan fingerprint density at radius 3 is 1.71 bits per heavy atom. The van der Waals surface area contributed by atoms with Gasteiger partial charge in [0.2, 0.25) is 0 Å². The van der Waals surface area contributed by atoms with E-state index < -0.39 is 0 Å². The van der Waals surface area contributed by atoms with E-state index in [2.05, 4.69) is 152 Å². The third-order valence-corrected chi connectivity index (χ3v) is 13.0. The highest BCUT2D eigenvalue weighted by atomic mass is 32.1. The average Bonchev–Trinajstić information content (AvgIpc) is 3.87. The SMILES string of the molecule is c1ccc2c(-c3nc(-c4cccc5c4sc4ccccc45)nc(-c4cccc5sc6cc7c(cc6c45)-c4cccc5cccc-7c45)n3)cccc2c1. The van der Waals surface area contributed by atoms with E-state index in [1.54, 1.807) is 11.3 Å². The largest absolute Gasteiger partial charge is 0.208 e. The van der Waals surface area contributed by atoms with Crippen molar-refractivity contribution in [1.82, 2.24) is 15.0 Å². The standard InChI is InChI=1S/C47H25N3S2/c1-2-14-28-26(10-1)11-5-19-33(28)45-48-46(50-47(49-45)35-21-8-18-32-29-15-3-4-22-39(29)52-44(32)35)34-20-9-23-40-43(34)38-24-36-30-16-6-12-27-13-7-17-31(42(27)30)37(36)25-41(38)51-40/h1-25H. The summed E-state index contributed by atoms with van der Waals surface area (Å²) < 4.78 is 4.94. The lowest BCUT2D eigenvalue weighted by molar-refractivity contribution is 1.08. The van der Waals surface area contributed by atoms with Gasteiger partial charge in [-0.05, 0) is 74.1 Å². The Balaban J connectivity index is 1.15. The number of aromatic nitrogens is 3. The molecule has 0 saturated heterocycles. The first-order valence-electron chi connectivity index (χ1n) is 17.4. The van der Waals surface area contributed by atoms with Crippen LogP contribution in [0.5, 0.6) is 0 Å². The summed E-state index contributed by atoms with van der Waals surface area (Å²) in [5.74, 6) is 2.04. The van der Waals surface area contributed by atoms with Crippen LogP contribution in [0.1, 0.15) is 0 Å². The zero-order valence-corrected chi connectivity index (χ0v) is 29.2. The van der Waals surface area contributed by atoms with Gasteiger partial charge in [-0.15, -0.1) is 22.7 Å². The summed E-state index contributed by atoms with van der Waals surface area (Å²) in [6, 6.07) is 54.7. The molecule has 1 aliphatic carbocycles. The Morgan fingerprint density at radius 2 is 0.865 bits per heavy atom. The molecule has 0 amide bonds. The highest BCUT2D eigenvalue weighted by Crippen LogP contribution is 2.51. The van der Waals surface area contributed by atoms with Gasteiger partial charge < -0.3 is 0 Å². The van der Waals surface area contributed by atoms with E-state index in [1.165, 1.54) is 73.4 Å². The molecule has 0 radical (unpaired) electrons. The van der Waals surface area contributed by atoms with Crippen molar-refractivity contribution in [3.63, 3.8) is 0 Å². The molecule has 5 heteroatoms. The third kappa shape index (κ3) is 3.97. The van der Waals surface area contributed by atoms with Crippen LogP contribution in [-0.4, -0.2) is 15.0 Å². The smallest absolute Gasteiger partial charge is 0.165 e. The first-order chi connectivity index (χ1) is 25.8. The summed E-state index contributed by atoms with van der Waals surface area (Å²) in [6.45, 7) is 0. The molecule has 0 aliphatic heterocycles. The Hall–Kier alpha value is -6.27. The molecule has 0 fully saturated rings. The lowest BCUT2D eigenvalue weighted by atomic mass is 9.99. The van der Waals surface area contributed by atoms with Crippen LogP contribution in [-0.2, 0) is 0 Å². The van der Waals surface area contributed by atoms with E-state index in [4.69, 9.17) is 15.0 Å². The molecule has 240 valence electrons. The van der Waals surface area contributed by atoms with Crippen LogP contribution < -0.4 is 0 Å². The van der Waals surface area contributed by atoms with Gasteiger partial charge in [0.25, 0.3) is 0 Å². The predicted molar refractivity (Wildman–Crippen MR) is 221 cm³/mol. The maximum Gasteiger partial charge on any atom is 0.165 e. The molecule has 11 aromatic rings. The molecule has 3 nitrogen and oxygen atoms in total. The fraction of sp³-hybridized carbons (Fsp3) is 0. The molecule has 0 spiro atoms. The van der Waals surface area contributed by atoms with Crippen molar-refractivity contribution in [1.29, 1.82) is 0 Å². The number of thiophene rings is 2. The first kappa shape index (κ1) is 28.4. The minimum Gasteiger partial charge on any atom is -0.208 e. The Morgan fingerprint density at radius 1 is 0.308 bits per heavy atom. The second kappa shape index (κ2) is 10.6. The van der Waals surface area contributed by atoms with Crippen molar-refractivity contribution < 1.29 is 0 Å². The number of hydrogen-bond donors (Lipinski definition) is 0. The number of rotatable bonds is 3. The molecule has 0 atom stereocenters. The van der Waals surface area contributed by atoms with Crippen LogP contribution in [0.4, 0.5) is 0 Å². The van der Waals surface area contributed by atoms with Gasteiger partial charge >= 0.3 is 0 Å². The van der Waals surface area contributed by atoms with Crippen LogP contribution in [0.15, 0.2) is 152 Å². The zero-order chi connectivity index (χ0) is 33.9. The average molecular weight is 696 g/mol. The summed E-state index contributed by atoms with van der Waals surface area (Å²) in [4.78, 5) is 16.0. The monoisotopic (exact) mass is 695 g/mol. The fourth-order valence-electron chi connectivity index (χ4n) is 8.37. The van der Waals surface area contributed by atoms with Gasteiger partial charge in [-0.2, -0.15) is 0 Å². The van der Waals surface area contributed by atoms with Crippen molar-refractivity contribution in [3.05, 3.63) is 152 Å². The molecular weight excluding hydrogens is 671 g/mol. The highest BCUT2D eigenvalue weighted by molar-refractivity contribution is 7.26. The van der Waals surface area contributed by atoms with Crippen LogP contribution in [0.25, 0.3) is 118 Å². The van der Waals surface area contributed by atoms with Crippen molar-refractivity contribution in [2.24, 2.45) is 0 Å². The van der Waals surface area contributed by atoms with Crippen molar-refractivity contribution in [3.8, 4) is 56.4 Å². The van der Waals surface area contributed by atoms with E-state index in [-0.39, 0.29) is 0 Å². The van der Waals surface area contributed by atoms with Crippen molar-refractivity contribution >= 4 is 84.6 Å². The van der Waals surface area contributed by atoms with Gasteiger partial charge in [-0.3, -0.25) is 0 Å². The Kier molecular flexibility index (Phi) is 5.81. The molecule has 0 bridgehead atoms. The van der Waals surface area contributed by atoms with Crippen LogP contribution in [0.3, 0.4) is 0 Å². The Labute approximate surface area is 306 Å². The fourth-order valence-corrected chi connectivity index (χ4v) is 10.7. The van der Waals surface area contributed by atoms with Gasteiger partial charge in [0.05, 0.1) is 0 Å². The summed E-state index contributed by atoms with van der Waals surface area (Å²) in [7, 11) is 0. The molecule has 3 aromatic heterocycles. The van der Waals surface area contributed by atoms with Crippen molar-refractivity contribution in [2.45, 2.75) is 0 Å². The molecule has 0 unspecified atom stereocenters. The normalized spacial score (nSPS) is 12.2. The van der Waals surface area contributed by atoms with E-state index in [0.717, 1.165) is 27.5 Å². The lowest BCUT2D eigenvalue weighted by Gasteiger charge is -2.12. The highest BCUT2D eigenvalue weighted by Gasteiger charge is 2.25. The van der Waals surface area contributed by atoms with E-state index >= 15 is 0 Å². The second-order valence-electron chi connectivity index (χ2n) is 13.5. The molecular formula is C47H25N3S2. The zero-order valence-electron chi connectivity index (χ0n) is 27.6. The van der Waals surface area contributed by atoms with E-state index in [0.29, 0.717) is 17.5 Å². The van der Waals surface area contributed by atoms with Gasteiger partial charge in [0.1, 0.15) is 0 Å². The number of hydrogen-bond acceptors (Lipinski definition) is 5. The molecule has 8 aromatic carbocycles. The minimum atomic E-state index is 0.675. The van der Waals surface area contributed by atoms with Gasteiger partial charge in [-0.25, -0.2) is 15.0 Å². The second-order valence-corrected chi connectivity index (χ2v) is 15.6. The van der Waals surface area contributed by atoms with Crippen LogP contribution in [0.2, 0.25) is 0 Å². The third-order valence-electron chi connectivity index (χ3n) is 10.7. The summed E-state index contributed by atoms with van der Waals surface area (Å²) >= 11 is 3.64. The maximum absolute atomic E-state index is 5.36. The van der Waals surface area contributed by atoms with Gasteiger partial charge in [-0.1, -0.05) is 121 Å². The molecule has 3 heterocycles. The minimum absolute atomic E-state index is 0.675. The summed E-state index contributed by atoms with van der Waals surface area (Å²) in [5, 5.41) is 9.82. The number of fused-ring (bicyclic) bond motifs is 10. The quantitative estimate of drug-likeness (QED) is 0.185. The maximum atomic E-state index is 5.36.